The number of thiazole rings is 1. The zero-order valence-corrected chi connectivity index (χ0v) is 12.7. The lowest BCUT2D eigenvalue weighted by Crippen LogP contribution is -2.02. The van der Waals surface area contributed by atoms with Crippen molar-refractivity contribution >= 4 is 27.3 Å². The molecule has 0 fully saturated rings. The molecule has 0 aliphatic heterocycles. The molecule has 0 radical (unpaired) electrons. The van der Waals surface area contributed by atoms with Gasteiger partial charge < -0.3 is 9.47 Å². The molecule has 0 atom stereocenters. The van der Waals surface area contributed by atoms with Crippen molar-refractivity contribution in [3.8, 4) is 11.5 Å². The number of rotatable bonds is 5. The number of hydrogen-bond donors (Lipinski definition) is 0. The number of halogens is 1. The summed E-state index contributed by atoms with van der Waals surface area (Å²) in [5.41, 5.74) is 2.96. The number of benzene rings is 1. The van der Waals surface area contributed by atoms with Crippen molar-refractivity contribution in [2.75, 3.05) is 13.7 Å². The summed E-state index contributed by atoms with van der Waals surface area (Å²) in [5.74, 6) is 1.51. The molecule has 0 aliphatic carbocycles. The normalized spacial score (nSPS) is 10.4. The van der Waals surface area contributed by atoms with Crippen molar-refractivity contribution in [2.45, 2.75) is 13.3 Å². The van der Waals surface area contributed by atoms with Gasteiger partial charge in [0.2, 0.25) is 0 Å². The minimum atomic E-state index is 0.626. The Balaban J connectivity index is 1.96. The Labute approximate surface area is 119 Å². The third kappa shape index (κ3) is 3.23. The quantitative estimate of drug-likeness (QED) is 0.836. The summed E-state index contributed by atoms with van der Waals surface area (Å²) in [6.45, 7) is 2.65. The topological polar surface area (TPSA) is 31.4 Å². The van der Waals surface area contributed by atoms with Crippen LogP contribution in [0.25, 0.3) is 0 Å². The van der Waals surface area contributed by atoms with E-state index >= 15 is 0 Å². The molecule has 0 unspecified atom stereocenters. The van der Waals surface area contributed by atoms with Crippen molar-refractivity contribution in [3.05, 3.63) is 38.8 Å². The predicted molar refractivity (Wildman–Crippen MR) is 76.7 cm³/mol. The van der Waals surface area contributed by atoms with E-state index in [0.29, 0.717) is 6.61 Å². The van der Waals surface area contributed by atoms with Crippen LogP contribution in [0.1, 0.15) is 10.6 Å². The molecule has 0 amide bonds. The lowest BCUT2D eigenvalue weighted by molar-refractivity contribution is 0.298. The van der Waals surface area contributed by atoms with Crippen LogP contribution in [0.4, 0.5) is 0 Å². The molecule has 1 heterocycles. The van der Waals surface area contributed by atoms with Gasteiger partial charge in [0.15, 0.2) is 11.5 Å². The molecular weight excluding hydrogens is 314 g/mol. The molecule has 0 bridgehead atoms. The molecule has 2 rings (SSSR count). The lowest BCUT2D eigenvalue weighted by Gasteiger charge is -2.10. The lowest BCUT2D eigenvalue weighted by atomic mass is 10.3. The Morgan fingerprint density at radius 3 is 2.83 bits per heavy atom. The summed E-state index contributed by atoms with van der Waals surface area (Å²) in [6, 6.07) is 5.74. The Morgan fingerprint density at radius 2 is 2.17 bits per heavy atom. The van der Waals surface area contributed by atoms with Gasteiger partial charge in [0.1, 0.15) is 0 Å². The first kappa shape index (κ1) is 13.4. The maximum Gasteiger partial charge on any atom is 0.161 e. The highest BCUT2D eigenvalue weighted by Gasteiger charge is 2.06. The second-order valence-electron chi connectivity index (χ2n) is 3.75. The van der Waals surface area contributed by atoms with Gasteiger partial charge in [-0.2, -0.15) is 0 Å². The van der Waals surface area contributed by atoms with Gasteiger partial charge in [0, 0.05) is 15.8 Å². The largest absolute Gasteiger partial charge is 0.493 e. The minimum Gasteiger partial charge on any atom is -0.493 e. The molecule has 0 saturated heterocycles. The average Bonchev–Trinajstić information content (AvgIpc) is 2.77. The van der Waals surface area contributed by atoms with Gasteiger partial charge in [0.25, 0.3) is 0 Å². The molecule has 2 aromatic rings. The van der Waals surface area contributed by atoms with E-state index in [9.17, 15) is 0 Å². The van der Waals surface area contributed by atoms with Crippen LogP contribution in [-0.2, 0) is 6.42 Å². The fourth-order valence-corrected chi connectivity index (χ4v) is 2.68. The van der Waals surface area contributed by atoms with Gasteiger partial charge in [-0.05, 0) is 25.1 Å². The summed E-state index contributed by atoms with van der Waals surface area (Å²) in [4.78, 5) is 5.49. The minimum absolute atomic E-state index is 0.626. The van der Waals surface area contributed by atoms with E-state index in [-0.39, 0.29) is 0 Å². The van der Waals surface area contributed by atoms with Gasteiger partial charge in [-0.15, -0.1) is 11.3 Å². The van der Waals surface area contributed by atoms with Gasteiger partial charge in [-0.25, -0.2) is 4.98 Å². The molecule has 5 heteroatoms. The molecule has 1 aromatic heterocycles. The van der Waals surface area contributed by atoms with Crippen molar-refractivity contribution in [1.29, 1.82) is 0 Å². The van der Waals surface area contributed by atoms with E-state index in [1.807, 2.05) is 30.6 Å². The summed E-state index contributed by atoms with van der Waals surface area (Å²) in [7, 11) is 1.64. The smallest absolute Gasteiger partial charge is 0.161 e. The van der Waals surface area contributed by atoms with Crippen LogP contribution in [0.2, 0.25) is 0 Å². The monoisotopic (exact) mass is 327 g/mol. The number of nitrogens with zero attached hydrogens (tertiary/aromatic N) is 1. The van der Waals surface area contributed by atoms with E-state index in [1.54, 1.807) is 18.4 Å². The first-order valence-electron chi connectivity index (χ1n) is 5.56. The molecule has 0 N–H and O–H groups in total. The van der Waals surface area contributed by atoms with Crippen LogP contribution < -0.4 is 9.47 Å². The fourth-order valence-electron chi connectivity index (χ4n) is 1.58. The second-order valence-corrected chi connectivity index (χ2v) is 5.61. The Morgan fingerprint density at radius 1 is 1.33 bits per heavy atom. The van der Waals surface area contributed by atoms with Gasteiger partial charge in [-0.1, -0.05) is 15.9 Å². The number of aromatic nitrogens is 1. The highest BCUT2D eigenvalue weighted by Crippen LogP contribution is 2.30. The molecule has 0 aliphatic rings. The highest BCUT2D eigenvalue weighted by atomic mass is 79.9. The molecular formula is C13H14BrNO2S. The molecule has 1 aromatic carbocycles. The van der Waals surface area contributed by atoms with Crippen LogP contribution >= 0.6 is 27.3 Å². The van der Waals surface area contributed by atoms with E-state index < -0.39 is 0 Å². The number of ether oxygens (including phenoxy) is 2. The SMILES string of the molecule is COc1cc(Br)ccc1OCCc1scnc1C. The third-order valence-electron chi connectivity index (χ3n) is 2.56. The van der Waals surface area contributed by atoms with Crippen LogP contribution in [0.3, 0.4) is 0 Å². The Bertz CT molecular complexity index is 527. The van der Waals surface area contributed by atoms with Crippen LogP contribution in [0, 0.1) is 6.92 Å². The first-order valence-corrected chi connectivity index (χ1v) is 7.23. The maximum absolute atomic E-state index is 5.74. The molecule has 0 spiro atoms. The summed E-state index contributed by atoms with van der Waals surface area (Å²) in [6.07, 6.45) is 0.871. The Hall–Kier alpha value is -1.07. The third-order valence-corrected chi connectivity index (χ3v) is 4.05. The Kier molecular flexibility index (Phi) is 4.60. The van der Waals surface area contributed by atoms with E-state index in [4.69, 9.17) is 9.47 Å². The van der Waals surface area contributed by atoms with Crippen molar-refractivity contribution in [3.63, 3.8) is 0 Å². The van der Waals surface area contributed by atoms with Crippen LogP contribution in [0.15, 0.2) is 28.2 Å². The number of aryl methyl sites for hydroxylation is 1. The summed E-state index contributed by atoms with van der Waals surface area (Å²) < 4.78 is 12.0. The standard InChI is InChI=1S/C13H14BrNO2S/c1-9-13(18-8-15-9)5-6-17-11-4-3-10(14)7-12(11)16-2/h3-4,7-8H,5-6H2,1-2H3. The van der Waals surface area contributed by atoms with Gasteiger partial charge in [0.05, 0.1) is 24.9 Å². The molecule has 96 valence electrons. The molecule has 0 saturated carbocycles. The zero-order valence-electron chi connectivity index (χ0n) is 10.3. The first-order chi connectivity index (χ1) is 8.70. The second kappa shape index (κ2) is 6.20. The van der Waals surface area contributed by atoms with Crippen LogP contribution in [0.5, 0.6) is 11.5 Å². The summed E-state index contributed by atoms with van der Waals surface area (Å²) in [5, 5.41) is 0. The average molecular weight is 328 g/mol. The van der Waals surface area contributed by atoms with Crippen LogP contribution in [-0.4, -0.2) is 18.7 Å². The van der Waals surface area contributed by atoms with E-state index in [0.717, 1.165) is 28.1 Å². The predicted octanol–water partition coefficient (Wildman–Crippen LogP) is 3.84. The number of methoxy groups -OCH3 is 1. The molecule has 18 heavy (non-hydrogen) atoms. The van der Waals surface area contributed by atoms with Crippen molar-refractivity contribution in [2.24, 2.45) is 0 Å². The zero-order chi connectivity index (χ0) is 13.0. The summed E-state index contributed by atoms with van der Waals surface area (Å²) >= 11 is 5.07. The van der Waals surface area contributed by atoms with E-state index in [1.165, 1.54) is 4.88 Å². The fraction of sp³-hybridized carbons (Fsp3) is 0.308. The highest BCUT2D eigenvalue weighted by molar-refractivity contribution is 9.10. The van der Waals surface area contributed by atoms with Crippen molar-refractivity contribution < 1.29 is 9.47 Å². The van der Waals surface area contributed by atoms with Crippen molar-refractivity contribution in [1.82, 2.24) is 4.98 Å². The molecule has 3 nitrogen and oxygen atoms in total. The number of hydrogen-bond acceptors (Lipinski definition) is 4. The van der Waals surface area contributed by atoms with Gasteiger partial charge >= 0.3 is 0 Å². The van der Waals surface area contributed by atoms with Gasteiger partial charge in [-0.3, -0.25) is 0 Å². The van der Waals surface area contributed by atoms with E-state index in [2.05, 4.69) is 20.9 Å². The maximum atomic E-state index is 5.74.